The second-order valence-corrected chi connectivity index (χ2v) is 10.5. The quantitative estimate of drug-likeness (QED) is 0.660. The van der Waals surface area contributed by atoms with Crippen LogP contribution in [0.5, 0.6) is 0 Å². The third kappa shape index (κ3) is 2.15. The van der Waals surface area contributed by atoms with Gasteiger partial charge in [-0.15, -0.1) is 0 Å². The summed E-state index contributed by atoms with van der Waals surface area (Å²) in [5.74, 6) is 3.80. The molecule has 1 saturated heterocycles. The fourth-order valence-electron chi connectivity index (χ4n) is 6.43. The van der Waals surface area contributed by atoms with Crippen LogP contribution in [0.3, 0.4) is 0 Å². The lowest BCUT2D eigenvalue weighted by atomic mass is 9.56. The van der Waals surface area contributed by atoms with Gasteiger partial charge in [-0.25, -0.2) is 0 Å². The van der Waals surface area contributed by atoms with Crippen LogP contribution in [0.25, 0.3) is 0 Å². The highest BCUT2D eigenvalue weighted by atomic mass is 32.2. The van der Waals surface area contributed by atoms with Crippen LogP contribution in [0.2, 0.25) is 0 Å². The average molecular weight is 337 g/mol. The van der Waals surface area contributed by atoms with Crippen LogP contribution in [-0.2, 0) is 0 Å². The molecule has 4 aliphatic rings. The summed E-state index contributed by atoms with van der Waals surface area (Å²) in [6.45, 7) is 9.73. The van der Waals surface area contributed by atoms with Crippen LogP contribution in [-0.4, -0.2) is 33.4 Å². The van der Waals surface area contributed by atoms with Gasteiger partial charge in [-0.1, -0.05) is 39.3 Å². The maximum absolute atomic E-state index is 11.0. The molecule has 1 aliphatic heterocycles. The van der Waals surface area contributed by atoms with Crippen molar-refractivity contribution < 1.29 is 10.2 Å². The first-order valence-corrected chi connectivity index (χ1v) is 10.5. The van der Waals surface area contributed by atoms with Gasteiger partial charge < -0.3 is 10.2 Å². The Balaban J connectivity index is 1.73. The molecule has 0 aromatic carbocycles. The first-order valence-electron chi connectivity index (χ1n) is 9.46. The van der Waals surface area contributed by atoms with Gasteiger partial charge in [-0.2, -0.15) is 11.8 Å². The van der Waals surface area contributed by atoms with Gasteiger partial charge in [-0.05, 0) is 54.6 Å². The van der Waals surface area contributed by atoms with Crippen molar-refractivity contribution in [1.82, 2.24) is 0 Å². The number of hydrogen-bond acceptors (Lipinski definition) is 3. The molecule has 3 aliphatic carbocycles. The highest BCUT2D eigenvalue weighted by Crippen LogP contribution is 2.66. The molecule has 0 spiro atoms. The Kier molecular flexibility index (Phi) is 3.76. The van der Waals surface area contributed by atoms with Crippen LogP contribution in [0, 0.1) is 34.5 Å². The minimum absolute atomic E-state index is 0.185. The fraction of sp³-hybridized carbons (Fsp3) is 0.900. The van der Waals surface area contributed by atoms with Crippen molar-refractivity contribution in [3.63, 3.8) is 0 Å². The van der Waals surface area contributed by atoms with Crippen molar-refractivity contribution in [1.29, 1.82) is 0 Å². The molecule has 3 heteroatoms. The van der Waals surface area contributed by atoms with Crippen molar-refractivity contribution in [2.75, 3.05) is 5.75 Å². The second kappa shape index (κ2) is 5.25. The molecule has 0 aromatic rings. The van der Waals surface area contributed by atoms with Crippen LogP contribution in [0.1, 0.15) is 53.4 Å². The number of aliphatic hydroxyl groups excluding tert-OH is 2. The molecule has 9 atom stereocenters. The molecule has 3 fully saturated rings. The molecule has 2 nitrogen and oxygen atoms in total. The molecule has 2 saturated carbocycles. The van der Waals surface area contributed by atoms with Gasteiger partial charge in [0.05, 0.1) is 12.2 Å². The van der Waals surface area contributed by atoms with Crippen LogP contribution in [0.4, 0.5) is 0 Å². The first-order chi connectivity index (χ1) is 10.8. The standard InChI is InChI=1S/C20H32O2S/c1-11-7-15-17-16(22)9-13-8-14(21)5-6-19(13,3)18(17)23-10-20(15,4)12(11)2/h9,11-12,14-18,21-22H,5-8,10H2,1-4H3/t11-,12+,14+,15?,16?,17?,18?,19+,20-/m1/s1. The molecule has 130 valence electrons. The number of rotatable bonds is 0. The highest BCUT2D eigenvalue weighted by molar-refractivity contribution is 8.00. The minimum Gasteiger partial charge on any atom is -0.393 e. The Morgan fingerprint density at radius 3 is 2.70 bits per heavy atom. The summed E-state index contributed by atoms with van der Waals surface area (Å²) in [6.07, 6.45) is 5.66. The molecule has 0 aromatic heterocycles. The van der Waals surface area contributed by atoms with E-state index in [9.17, 15) is 10.2 Å². The molecule has 0 radical (unpaired) electrons. The zero-order valence-corrected chi connectivity index (χ0v) is 15.8. The SMILES string of the molecule is C[C@@H]1CC2C3C(O)C=C4C[C@@H](O)CC[C@]4(C)C3SC[C@]2(C)[C@H]1C. The summed E-state index contributed by atoms with van der Waals surface area (Å²) in [5, 5.41) is 21.6. The third-order valence-electron chi connectivity index (χ3n) is 8.33. The highest BCUT2D eigenvalue weighted by Gasteiger charge is 2.61. The Hall–Kier alpha value is 0.01000. The molecular formula is C20H32O2S. The maximum atomic E-state index is 11.0. The average Bonchev–Trinajstić information content (AvgIpc) is 2.73. The molecule has 4 rings (SSSR count). The number of aliphatic hydroxyl groups is 2. The summed E-state index contributed by atoms with van der Waals surface area (Å²) in [6, 6.07) is 0. The molecule has 23 heavy (non-hydrogen) atoms. The summed E-state index contributed by atoms with van der Waals surface area (Å²) in [7, 11) is 0. The van der Waals surface area contributed by atoms with Crippen molar-refractivity contribution in [2.24, 2.45) is 34.5 Å². The summed E-state index contributed by atoms with van der Waals surface area (Å²) < 4.78 is 0. The van der Waals surface area contributed by atoms with E-state index in [1.54, 1.807) is 0 Å². The molecule has 4 unspecified atom stereocenters. The van der Waals surface area contributed by atoms with Crippen molar-refractivity contribution in [3.05, 3.63) is 11.6 Å². The minimum atomic E-state index is -0.317. The van der Waals surface area contributed by atoms with E-state index in [-0.39, 0.29) is 17.6 Å². The first kappa shape index (κ1) is 16.5. The van der Waals surface area contributed by atoms with E-state index in [4.69, 9.17) is 0 Å². The van der Waals surface area contributed by atoms with E-state index in [1.807, 2.05) is 0 Å². The predicted octanol–water partition coefficient (Wildman–Crippen LogP) is 3.87. The Labute approximate surface area is 145 Å². The monoisotopic (exact) mass is 336 g/mol. The molecule has 0 amide bonds. The predicted molar refractivity (Wildman–Crippen MR) is 96.3 cm³/mol. The smallest absolute Gasteiger partial charge is 0.0765 e. The normalized spacial score (nSPS) is 58.9. The topological polar surface area (TPSA) is 40.5 Å². The van der Waals surface area contributed by atoms with Gasteiger partial charge in [-0.3, -0.25) is 0 Å². The lowest BCUT2D eigenvalue weighted by Crippen LogP contribution is -2.56. The largest absolute Gasteiger partial charge is 0.393 e. The lowest BCUT2D eigenvalue weighted by molar-refractivity contribution is 0.00192. The van der Waals surface area contributed by atoms with Crippen molar-refractivity contribution in [3.8, 4) is 0 Å². The molecule has 2 N–H and O–H groups in total. The van der Waals surface area contributed by atoms with Crippen molar-refractivity contribution >= 4 is 11.8 Å². The summed E-state index contributed by atoms with van der Waals surface area (Å²) in [5.41, 5.74) is 1.90. The summed E-state index contributed by atoms with van der Waals surface area (Å²) in [4.78, 5) is 0. The van der Waals surface area contributed by atoms with Gasteiger partial charge in [0, 0.05) is 16.6 Å². The third-order valence-corrected chi connectivity index (χ3v) is 10.3. The van der Waals surface area contributed by atoms with Crippen LogP contribution >= 0.6 is 11.8 Å². The molecule has 1 heterocycles. The molecular weight excluding hydrogens is 304 g/mol. The van der Waals surface area contributed by atoms with Gasteiger partial charge in [0.1, 0.15) is 0 Å². The number of thioether (sulfide) groups is 1. The van der Waals surface area contributed by atoms with E-state index in [1.165, 1.54) is 17.7 Å². The number of fused-ring (bicyclic) bond motifs is 5. The zero-order valence-electron chi connectivity index (χ0n) is 15.0. The molecule has 0 bridgehead atoms. The van der Waals surface area contributed by atoms with Gasteiger partial charge in [0.15, 0.2) is 0 Å². The lowest BCUT2D eigenvalue weighted by Gasteiger charge is -2.58. The van der Waals surface area contributed by atoms with Gasteiger partial charge >= 0.3 is 0 Å². The van der Waals surface area contributed by atoms with E-state index < -0.39 is 0 Å². The van der Waals surface area contributed by atoms with Gasteiger partial charge in [0.25, 0.3) is 0 Å². The van der Waals surface area contributed by atoms with Gasteiger partial charge in [0.2, 0.25) is 0 Å². The van der Waals surface area contributed by atoms with Crippen LogP contribution in [0.15, 0.2) is 11.6 Å². The fourth-order valence-corrected chi connectivity index (χ4v) is 8.66. The van der Waals surface area contributed by atoms with Crippen LogP contribution < -0.4 is 0 Å². The zero-order chi connectivity index (χ0) is 16.6. The van der Waals surface area contributed by atoms with E-state index >= 15 is 0 Å². The number of hydrogen-bond donors (Lipinski definition) is 2. The Bertz CT molecular complexity index is 532. The maximum Gasteiger partial charge on any atom is 0.0765 e. The van der Waals surface area contributed by atoms with E-state index in [2.05, 4.69) is 45.5 Å². The Morgan fingerprint density at radius 2 is 1.96 bits per heavy atom. The van der Waals surface area contributed by atoms with Crippen molar-refractivity contribution in [2.45, 2.75) is 70.8 Å². The second-order valence-electron chi connectivity index (χ2n) is 9.42. The Morgan fingerprint density at radius 1 is 1.22 bits per heavy atom. The van der Waals surface area contributed by atoms with E-state index in [0.29, 0.717) is 22.5 Å². The summed E-state index contributed by atoms with van der Waals surface area (Å²) >= 11 is 2.14. The van der Waals surface area contributed by atoms with E-state index in [0.717, 1.165) is 31.1 Å².